The van der Waals surface area contributed by atoms with Crippen molar-refractivity contribution in [3.8, 4) is 0 Å². The molecule has 0 spiro atoms. The standard InChI is InChI=1S/C9H16N2O2/c1-2-10-8(12)5-6-11-9(13)7-3-4-7/h7H,2-6H2,1H3,(H,10,12)(H,11,13). The van der Waals surface area contributed by atoms with E-state index in [0.29, 0.717) is 19.5 Å². The molecule has 0 aromatic carbocycles. The van der Waals surface area contributed by atoms with Gasteiger partial charge in [-0.2, -0.15) is 0 Å². The highest BCUT2D eigenvalue weighted by molar-refractivity contribution is 5.82. The fourth-order valence-corrected chi connectivity index (χ4v) is 1.07. The number of hydrogen-bond donors (Lipinski definition) is 2. The van der Waals surface area contributed by atoms with Crippen LogP contribution in [-0.4, -0.2) is 24.9 Å². The highest BCUT2D eigenvalue weighted by Gasteiger charge is 2.29. The zero-order valence-electron chi connectivity index (χ0n) is 7.93. The van der Waals surface area contributed by atoms with E-state index in [4.69, 9.17) is 0 Å². The molecule has 1 fully saturated rings. The molecule has 0 saturated heterocycles. The molecule has 4 nitrogen and oxygen atoms in total. The number of carbonyl (C=O) groups excluding carboxylic acids is 2. The molecule has 0 bridgehead atoms. The molecule has 0 heterocycles. The topological polar surface area (TPSA) is 58.2 Å². The fourth-order valence-electron chi connectivity index (χ4n) is 1.07. The van der Waals surface area contributed by atoms with Crippen LogP contribution in [0.5, 0.6) is 0 Å². The van der Waals surface area contributed by atoms with Crippen LogP contribution in [0, 0.1) is 5.92 Å². The third-order valence-corrected chi connectivity index (χ3v) is 1.97. The van der Waals surface area contributed by atoms with Gasteiger partial charge in [-0.15, -0.1) is 0 Å². The summed E-state index contributed by atoms with van der Waals surface area (Å²) in [6.45, 7) is 2.98. The molecule has 0 aliphatic heterocycles. The Morgan fingerprint density at radius 3 is 2.54 bits per heavy atom. The molecule has 0 atom stereocenters. The summed E-state index contributed by atoms with van der Waals surface area (Å²) in [4.78, 5) is 22.0. The first-order chi connectivity index (χ1) is 6.24. The molecule has 1 rings (SSSR count). The van der Waals surface area contributed by atoms with Gasteiger partial charge in [-0.25, -0.2) is 0 Å². The lowest BCUT2D eigenvalue weighted by molar-refractivity contribution is -0.123. The molecule has 0 unspecified atom stereocenters. The second kappa shape index (κ2) is 4.84. The minimum atomic E-state index is -0.00130. The monoisotopic (exact) mass is 184 g/mol. The molecule has 4 heteroatoms. The Morgan fingerprint density at radius 2 is 2.00 bits per heavy atom. The molecule has 0 aromatic rings. The second-order valence-electron chi connectivity index (χ2n) is 3.27. The maximum atomic E-state index is 11.1. The smallest absolute Gasteiger partial charge is 0.223 e. The van der Waals surface area contributed by atoms with Gasteiger partial charge < -0.3 is 10.6 Å². The number of hydrogen-bond acceptors (Lipinski definition) is 2. The maximum absolute atomic E-state index is 11.1. The molecule has 2 N–H and O–H groups in total. The Balaban J connectivity index is 1.99. The zero-order chi connectivity index (χ0) is 9.68. The van der Waals surface area contributed by atoms with Crippen LogP contribution in [-0.2, 0) is 9.59 Å². The molecule has 13 heavy (non-hydrogen) atoms. The van der Waals surface area contributed by atoms with Crippen molar-refractivity contribution in [1.29, 1.82) is 0 Å². The van der Waals surface area contributed by atoms with Crippen LogP contribution in [0.25, 0.3) is 0 Å². The van der Waals surface area contributed by atoms with E-state index in [1.807, 2.05) is 6.92 Å². The van der Waals surface area contributed by atoms with Crippen molar-refractivity contribution in [2.45, 2.75) is 26.2 Å². The maximum Gasteiger partial charge on any atom is 0.223 e. The van der Waals surface area contributed by atoms with Gasteiger partial charge in [0, 0.05) is 25.4 Å². The average molecular weight is 184 g/mol. The van der Waals surface area contributed by atoms with Crippen LogP contribution in [0.1, 0.15) is 26.2 Å². The molecule has 0 radical (unpaired) electrons. The van der Waals surface area contributed by atoms with E-state index < -0.39 is 0 Å². The van der Waals surface area contributed by atoms with Crippen LogP contribution in [0.2, 0.25) is 0 Å². The first-order valence-corrected chi connectivity index (χ1v) is 4.78. The van der Waals surface area contributed by atoms with Gasteiger partial charge in [0.2, 0.25) is 11.8 Å². The summed E-state index contributed by atoms with van der Waals surface area (Å²) < 4.78 is 0. The summed E-state index contributed by atoms with van der Waals surface area (Å²) >= 11 is 0. The van der Waals surface area contributed by atoms with E-state index in [-0.39, 0.29) is 17.7 Å². The van der Waals surface area contributed by atoms with Gasteiger partial charge in [0.1, 0.15) is 0 Å². The van der Waals surface area contributed by atoms with Crippen LogP contribution in [0.4, 0.5) is 0 Å². The van der Waals surface area contributed by atoms with Crippen LogP contribution >= 0.6 is 0 Å². The second-order valence-corrected chi connectivity index (χ2v) is 3.27. The molecular formula is C9H16N2O2. The molecule has 1 aliphatic rings. The van der Waals surface area contributed by atoms with Gasteiger partial charge in [-0.05, 0) is 19.8 Å². The van der Waals surface area contributed by atoms with Gasteiger partial charge >= 0.3 is 0 Å². The van der Waals surface area contributed by atoms with E-state index in [1.54, 1.807) is 0 Å². The number of nitrogens with one attached hydrogen (secondary N) is 2. The molecule has 2 amide bonds. The van der Waals surface area contributed by atoms with E-state index in [2.05, 4.69) is 10.6 Å². The number of carbonyl (C=O) groups is 2. The molecule has 0 aromatic heterocycles. The molecule has 1 saturated carbocycles. The Labute approximate surface area is 78.1 Å². The zero-order valence-corrected chi connectivity index (χ0v) is 7.93. The summed E-state index contributed by atoms with van der Waals surface area (Å²) in [6, 6.07) is 0. The molecule has 1 aliphatic carbocycles. The lowest BCUT2D eigenvalue weighted by atomic mass is 10.3. The van der Waals surface area contributed by atoms with Crippen molar-refractivity contribution in [3.05, 3.63) is 0 Å². The predicted molar refractivity (Wildman–Crippen MR) is 49.0 cm³/mol. The van der Waals surface area contributed by atoms with Crippen molar-refractivity contribution < 1.29 is 9.59 Å². The fraction of sp³-hybridized carbons (Fsp3) is 0.778. The predicted octanol–water partition coefficient (Wildman–Crippen LogP) is 0.0388. The van der Waals surface area contributed by atoms with Crippen LogP contribution in [0.15, 0.2) is 0 Å². The lowest BCUT2D eigenvalue weighted by Gasteiger charge is -2.03. The molecular weight excluding hydrogens is 168 g/mol. The van der Waals surface area contributed by atoms with Gasteiger partial charge in [-0.1, -0.05) is 0 Å². The summed E-state index contributed by atoms with van der Waals surface area (Å²) in [5.41, 5.74) is 0. The SMILES string of the molecule is CCNC(=O)CCNC(=O)C1CC1. The highest BCUT2D eigenvalue weighted by atomic mass is 16.2. The average Bonchev–Trinajstić information content (AvgIpc) is 2.86. The third-order valence-electron chi connectivity index (χ3n) is 1.97. The minimum Gasteiger partial charge on any atom is -0.356 e. The lowest BCUT2D eigenvalue weighted by Crippen LogP contribution is -2.31. The normalized spacial score (nSPS) is 15.2. The minimum absolute atomic E-state index is 0.00130. The Kier molecular flexibility index (Phi) is 3.73. The Morgan fingerprint density at radius 1 is 1.31 bits per heavy atom. The first-order valence-electron chi connectivity index (χ1n) is 4.78. The third kappa shape index (κ3) is 3.92. The van der Waals surface area contributed by atoms with Crippen molar-refractivity contribution in [2.75, 3.05) is 13.1 Å². The van der Waals surface area contributed by atoms with Crippen molar-refractivity contribution in [1.82, 2.24) is 10.6 Å². The van der Waals surface area contributed by atoms with Gasteiger partial charge in [0.25, 0.3) is 0 Å². The largest absolute Gasteiger partial charge is 0.356 e. The quantitative estimate of drug-likeness (QED) is 0.633. The van der Waals surface area contributed by atoms with Crippen molar-refractivity contribution in [2.24, 2.45) is 5.92 Å². The van der Waals surface area contributed by atoms with Gasteiger partial charge in [0.15, 0.2) is 0 Å². The van der Waals surface area contributed by atoms with E-state index in [1.165, 1.54) is 0 Å². The van der Waals surface area contributed by atoms with E-state index in [9.17, 15) is 9.59 Å². The first kappa shape index (κ1) is 10.0. The summed E-state index contributed by atoms with van der Waals surface area (Å²) in [5.74, 6) is 0.331. The van der Waals surface area contributed by atoms with Crippen LogP contribution in [0.3, 0.4) is 0 Å². The Hall–Kier alpha value is -1.06. The highest BCUT2D eigenvalue weighted by Crippen LogP contribution is 2.28. The van der Waals surface area contributed by atoms with Crippen molar-refractivity contribution in [3.63, 3.8) is 0 Å². The van der Waals surface area contributed by atoms with Gasteiger partial charge in [0.05, 0.1) is 0 Å². The summed E-state index contributed by atoms with van der Waals surface area (Å²) in [7, 11) is 0. The summed E-state index contributed by atoms with van der Waals surface area (Å²) in [5, 5.41) is 5.41. The van der Waals surface area contributed by atoms with E-state index >= 15 is 0 Å². The summed E-state index contributed by atoms with van der Waals surface area (Å²) in [6.07, 6.45) is 2.40. The van der Waals surface area contributed by atoms with E-state index in [0.717, 1.165) is 12.8 Å². The number of rotatable bonds is 5. The van der Waals surface area contributed by atoms with Crippen LogP contribution < -0.4 is 10.6 Å². The Bertz CT molecular complexity index is 200. The number of amides is 2. The van der Waals surface area contributed by atoms with Crippen molar-refractivity contribution >= 4 is 11.8 Å². The van der Waals surface area contributed by atoms with Gasteiger partial charge in [-0.3, -0.25) is 9.59 Å². The molecule has 74 valence electrons.